The lowest BCUT2D eigenvalue weighted by Gasteiger charge is -2.27. The summed E-state index contributed by atoms with van der Waals surface area (Å²) in [6, 6.07) is 7.45. The fourth-order valence-electron chi connectivity index (χ4n) is 2.84. The highest BCUT2D eigenvalue weighted by Crippen LogP contribution is 2.20. The molecule has 0 spiro atoms. The van der Waals surface area contributed by atoms with E-state index in [1.165, 1.54) is 24.0 Å². The number of rotatable bonds is 5. The van der Waals surface area contributed by atoms with Crippen molar-refractivity contribution in [1.82, 2.24) is 5.32 Å². The molecule has 1 saturated carbocycles. The van der Waals surface area contributed by atoms with Crippen molar-refractivity contribution in [2.45, 2.75) is 51.1 Å². The van der Waals surface area contributed by atoms with E-state index >= 15 is 0 Å². The largest absolute Gasteiger partial charge is 0.496 e. The molecule has 1 aliphatic rings. The first-order valence-corrected chi connectivity index (χ1v) is 7.31. The molecule has 0 saturated heterocycles. The van der Waals surface area contributed by atoms with Crippen LogP contribution in [0.4, 0.5) is 0 Å². The van der Waals surface area contributed by atoms with Gasteiger partial charge in [0.05, 0.1) is 7.11 Å². The van der Waals surface area contributed by atoms with Gasteiger partial charge in [-0.2, -0.15) is 0 Å². The van der Waals surface area contributed by atoms with Crippen LogP contribution in [0.2, 0.25) is 0 Å². The van der Waals surface area contributed by atoms with Gasteiger partial charge in [-0.15, -0.1) is 0 Å². The van der Waals surface area contributed by atoms with Crippen LogP contribution in [0.25, 0.3) is 0 Å². The Hall–Kier alpha value is -1.06. The average molecular weight is 262 g/mol. The Morgan fingerprint density at radius 2 is 2.00 bits per heavy atom. The van der Waals surface area contributed by atoms with Crippen molar-refractivity contribution in [1.29, 1.82) is 0 Å². The van der Waals surface area contributed by atoms with E-state index in [9.17, 15) is 0 Å². The molecule has 0 bridgehead atoms. The Morgan fingerprint density at radius 1 is 1.26 bits per heavy atom. The molecule has 19 heavy (non-hydrogen) atoms. The Labute approximate surface area is 116 Å². The summed E-state index contributed by atoms with van der Waals surface area (Å²) < 4.78 is 5.41. The first-order chi connectivity index (χ1) is 9.19. The van der Waals surface area contributed by atoms with E-state index in [-0.39, 0.29) is 0 Å². The molecule has 1 aromatic rings. The number of nitrogens with two attached hydrogens (primary N) is 1. The van der Waals surface area contributed by atoms with Crippen LogP contribution < -0.4 is 15.8 Å². The predicted octanol–water partition coefficient (Wildman–Crippen LogP) is 2.41. The minimum atomic E-state index is 0.426. The Morgan fingerprint density at radius 3 is 2.68 bits per heavy atom. The van der Waals surface area contributed by atoms with Crippen molar-refractivity contribution >= 4 is 0 Å². The van der Waals surface area contributed by atoms with Crippen molar-refractivity contribution in [2.75, 3.05) is 13.7 Å². The van der Waals surface area contributed by atoms with Crippen molar-refractivity contribution in [3.05, 3.63) is 29.3 Å². The summed E-state index contributed by atoms with van der Waals surface area (Å²) in [6.45, 7) is 3.14. The van der Waals surface area contributed by atoms with Gasteiger partial charge in [0.15, 0.2) is 0 Å². The molecule has 0 aliphatic heterocycles. The minimum absolute atomic E-state index is 0.426. The summed E-state index contributed by atoms with van der Waals surface area (Å²) in [5, 5.41) is 3.65. The highest BCUT2D eigenvalue weighted by atomic mass is 16.5. The van der Waals surface area contributed by atoms with Gasteiger partial charge < -0.3 is 15.8 Å². The number of ether oxygens (including phenoxy) is 1. The van der Waals surface area contributed by atoms with Gasteiger partial charge in [0.1, 0.15) is 5.75 Å². The maximum atomic E-state index is 5.93. The zero-order valence-electron chi connectivity index (χ0n) is 12.1. The van der Waals surface area contributed by atoms with E-state index in [4.69, 9.17) is 10.5 Å². The normalized spacial score (nSPS) is 23.3. The third-order valence-corrected chi connectivity index (χ3v) is 4.04. The van der Waals surface area contributed by atoms with Crippen LogP contribution in [-0.2, 0) is 6.42 Å². The van der Waals surface area contributed by atoms with Crippen molar-refractivity contribution in [3.63, 3.8) is 0 Å². The smallest absolute Gasteiger partial charge is 0.122 e. The van der Waals surface area contributed by atoms with E-state index in [1.807, 2.05) is 0 Å². The summed E-state index contributed by atoms with van der Waals surface area (Å²) in [6.07, 6.45) is 5.77. The minimum Gasteiger partial charge on any atom is -0.496 e. The molecule has 3 N–H and O–H groups in total. The molecule has 0 radical (unpaired) electrons. The molecule has 0 aromatic heterocycles. The second-order valence-electron chi connectivity index (χ2n) is 5.63. The molecule has 3 nitrogen and oxygen atoms in total. The maximum Gasteiger partial charge on any atom is 0.122 e. The zero-order chi connectivity index (χ0) is 13.7. The number of hydrogen-bond acceptors (Lipinski definition) is 3. The Balaban J connectivity index is 1.80. The van der Waals surface area contributed by atoms with Gasteiger partial charge in [-0.25, -0.2) is 0 Å². The monoisotopic (exact) mass is 262 g/mol. The van der Waals surface area contributed by atoms with Gasteiger partial charge in [0.2, 0.25) is 0 Å². The molecular weight excluding hydrogens is 236 g/mol. The number of aryl methyl sites for hydroxylation is 1. The Bertz CT molecular complexity index is 398. The lowest BCUT2D eigenvalue weighted by molar-refractivity contribution is 0.343. The van der Waals surface area contributed by atoms with E-state index in [1.54, 1.807) is 7.11 Å². The van der Waals surface area contributed by atoms with Gasteiger partial charge in [-0.3, -0.25) is 0 Å². The van der Waals surface area contributed by atoms with Crippen LogP contribution in [0.15, 0.2) is 18.2 Å². The maximum absolute atomic E-state index is 5.93. The number of nitrogens with one attached hydrogen (secondary N) is 1. The first-order valence-electron chi connectivity index (χ1n) is 7.31. The summed E-state index contributed by atoms with van der Waals surface area (Å²) in [7, 11) is 1.74. The highest BCUT2D eigenvalue weighted by molar-refractivity contribution is 5.37. The fraction of sp³-hybridized carbons (Fsp3) is 0.625. The average Bonchev–Trinajstić information content (AvgIpc) is 2.41. The molecular formula is C16H26N2O. The van der Waals surface area contributed by atoms with Crippen molar-refractivity contribution in [3.8, 4) is 5.75 Å². The van der Waals surface area contributed by atoms with Gasteiger partial charge in [0, 0.05) is 12.1 Å². The first kappa shape index (κ1) is 14.4. The van der Waals surface area contributed by atoms with Crippen LogP contribution in [0.5, 0.6) is 5.75 Å². The van der Waals surface area contributed by atoms with E-state index < -0.39 is 0 Å². The van der Waals surface area contributed by atoms with Gasteiger partial charge >= 0.3 is 0 Å². The molecule has 1 fully saturated rings. The topological polar surface area (TPSA) is 47.3 Å². The van der Waals surface area contributed by atoms with Gasteiger partial charge in [-0.1, -0.05) is 17.7 Å². The molecule has 0 amide bonds. The predicted molar refractivity (Wildman–Crippen MR) is 79.7 cm³/mol. The quantitative estimate of drug-likeness (QED) is 0.856. The molecule has 0 unspecified atom stereocenters. The molecule has 3 heteroatoms. The molecule has 0 heterocycles. The molecule has 1 aromatic carbocycles. The summed E-state index contributed by atoms with van der Waals surface area (Å²) >= 11 is 0. The SMILES string of the molecule is COc1ccc(C)cc1CCNC1CCC(N)CC1. The summed E-state index contributed by atoms with van der Waals surface area (Å²) in [5.41, 5.74) is 8.51. The highest BCUT2D eigenvalue weighted by Gasteiger charge is 2.17. The van der Waals surface area contributed by atoms with Crippen molar-refractivity contribution in [2.24, 2.45) is 5.73 Å². The third-order valence-electron chi connectivity index (χ3n) is 4.04. The number of methoxy groups -OCH3 is 1. The lowest BCUT2D eigenvalue weighted by Crippen LogP contribution is -2.38. The molecule has 0 atom stereocenters. The second-order valence-corrected chi connectivity index (χ2v) is 5.63. The van der Waals surface area contributed by atoms with Crippen LogP contribution in [0.1, 0.15) is 36.8 Å². The van der Waals surface area contributed by atoms with Crippen LogP contribution in [0.3, 0.4) is 0 Å². The molecule has 1 aliphatic carbocycles. The van der Waals surface area contributed by atoms with Crippen LogP contribution in [0, 0.1) is 6.92 Å². The van der Waals surface area contributed by atoms with Crippen molar-refractivity contribution < 1.29 is 4.74 Å². The lowest BCUT2D eigenvalue weighted by atomic mass is 9.92. The van der Waals surface area contributed by atoms with E-state index in [0.29, 0.717) is 12.1 Å². The number of benzene rings is 1. The van der Waals surface area contributed by atoms with Gasteiger partial charge in [-0.05, 0) is 57.2 Å². The van der Waals surface area contributed by atoms with Crippen LogP contribution in [-0.4, -0.2) is 25.7 Å². The van der Waals surface area contributed by atoms with Crippen LogP contribution >= 0.6 is 0 Å². The summed E-state index contributed by atoms with van der Waals surface area (Å²) in [4.78, 5) is 0. The fourth-order valence-corrected chi connectivity index (χ4v) is 2.84. The molecule has 2 rings (SSSR count). The third kappa shape index (κ3) is 4.22. The Kier molecular flexibility index (Phi) is 5.23. The molecule has 106 valence electrons. The number of hydrogen-bond donors (Lipinski definition) is 2. The van der Waals surface area contributed by atoms with E-state index in [0.717, 1.165) is 31.6 Å². The van der Waals surface area contributed by atoms with E-state index in [2.05, 4.69) is 30.4 Å². The zero-order valence-corrected chi connectivity index (χ0v) is 12.1. The summed E-state index contributed by atoms with van der Waals surface area (Å²) in [5.74, 6) is 0.998. The van der Waals surface area contributed by atoms with Gasteiger partial charge in [0.25, 0.3) is 0 Å². The second kappa shape index (κ2) is 6.92. The standard InChI is InChI=1S/C16H26N2O/c1-12-3-8-16(19-2)13(11-12)9-10-18-15-6-4-14(17)5-7-15/h3,8,11,14-15,18H,4-7,9-10,17H2,1-2H3.